The van der Waals surface area contributed by atoms with Gasteiger partial charge < -0.3 is 5.32 Å². The predicted octanol–water partition coefficient (Wildman–Crippen LogP) is 3.71. The molecule has 1 aromatic rings. The second kappa shape index (κ2) is 4.66. The monoisotopic (exact) mass is 247 g/mol. The summed E-state index contributed by atoms with van der Waals surface area (Å²) in [6, 6.07) is 6.11. The van der Waals surface area contributed by atoms with Crippen LogP contribution < -0.4 is 5.32 Å². The van der Waals surface area contributed by atoms with Crippen molar-refractivity contribution >= 4 is 11.8 Å². The third kappa shape index (κ3) is 2.25. The summed E-state index contributed by atoms with van der Waals surface area (Å²) < 4.78 is 0. The van der Waals surface area contributed by atoms with Crippen LogP contribution in [0.25, 0.3) is 0 Å². The predicted molar refractivity (Wildman–Crippen MR) is 74.8 cm³/mol. The minimum atomic E-state index is 0.573. The molecule has 1 N–H and O–H groups in total. The Kier molecular flexibility index (Phi) is 3.18. The summed E-state index contributed by atoms with van der Waals surface area (Å²) in [6.07, 6.45) is 5.22. The summed E-state index contributed by atoms with van der Waals surface area (Å²) in [7, 11) is 0. The Balaban J connectivity index is 1.96. The number of thioether (sulfide) groups is 1. The zero-order valence-electron chi connectivity index (χ0n) is 10.8. The molecule has 1 aromatic carbocycles. The highest BCUT2D eigenvalue weighted by molar-refractivity contribution is 7.99. The van der Waals surface area contributed by atoms with Crippen LogP contribution in [0, 0.1) is 0 Å². The number of nitrogens with one attached hydrogen (secondary N) is 1. The van der Waals surface area contributed by atoms with Crippen LogP contribution in [0.4, 0.5) is 0 Å². The maximum atomic E-state index is 3.72. The van der Waals surface area contributed by atoms with Gasteiger partial charge in [-0.2, -0.15) is 0 Å². The molecule has 17 heavy (non-hydrogen) atoms. The van der Waals surface area contributed by atoms with Crippen LogP contribution in [0.2, 0.25) is 0 Å². The van der Waals surface area contributed by atoms with Crippen molar-refractivity contribution < 1.29 is 0 Å². The highest BCUT2D eigenvalue weighted by Crippen LogP contribution is 2.39. The zero-order valence-corrected chi connectivity index (χ0v) is 11.6. The molecular weight excluding hydrogens is 226 g/mol. The molecule has 92 valence electrons. The van der Waals surface area contributed by atoms with Crippen molar-refractivity contribution in [3.05, 3.63) is 28.8 Å². The van der Waals surface area contributed by atoms with E-state index in [-0.39, 0.29) is 0 Å². The summed E-state index contributed by atoms with van der Waals surface area (Å²) >= 11 is 2.05. The molecule has 0 radical (unpaired) electrons. The van der Waals surface area contributed by atoms with Gasteiger partial charge in [0.1, 0.15) is 0 Å². The van der Waals surface area contributed by atoms with Crippen molar-refractivity contribution in [1.29, 1.82) is 0 Å². The SMILES string of the molecule is CC(C)NC1CCSc2cc3c(cc21)CCC3. The standard InChI is InChI=1S/C15H21NS/c1-10(2)16-14-6-7-17-15-9-12-5-3-4-11(12)8-13(14)15/h8-10,14,16H,3-7H2,1-2H3. The summed E-state index contributed by atoms with van der Waals surface area (Å²) in [5.74, 6) is 1.26. The van der Waals surface area contributed by atoms with E-state index in [0.29, 0.717) is 12.1 Å². The minimum absolute atomic E-state index is 0.573. The molecule has 1 aliphatic heterocycles. The first-order valence-corrected chi connectivity index (χ1v) is 7.77. The van der Waals surface area contributed by atoms with E-state index in [0.717, 1.165) is 0 Å². The Morgan fingerprint density at radius 1 is 1.24 bits per heavy atom. The van der Waals surface area contributed by atoms with Crippen LogP contribution >= 0.6 is 11.8 Å². The van der Waals surface area contributed by atoms with Crippen molar-refractivity contribution in [3.63, 3.8) is 0 Å². The van der Waals surface area contributed by atoms with Gasteiger partial charge >= 0.3 is 0 Å². The fourth-order valence-electron chi connectivity index (χ4n) is 3.04. The zero-order chi connectivity index (χ0) is 11.8. The molecule has 1 atom stereocenters. The first-order valence-electron chi connectivity index (χ1n) is 6.78. The van der Waals surface area contributed by atoms with E-state index in [1.54, 1.807) is 16.7 Å². The molecule has 0 fully saturated rings. The molecule has 1 nitrogen and oxygen atoms in total. The Morgan fingerprint density at radius 3 is 2.76 bits per heavy atom. The van der Waals surface area contributed by atoms with Crippen molar-refractivity contribution in [3.8, 4) is 0 Å². The maximum absolute atomic E-state index is 3.72. The van der Waals surface area contributed by atoms with Gasteiger partial charge in [0, 0.05) is 17.0 Å². The van der Waals surface area contributed by atoms with Crippen LogP contribution in [0.3, 0.4) is 0 Å². The molecule has 0 spiro atoms. The van der Waals surface area contributed by atoms with Crippen molar-refractivity contribution in [2.75, 3.05) is 5.75 Å². The van der Waals surface area contributed by atoms with Crippen molar-refractivity contribution in [2.45, 2.75) is 56.5 Å². The average molecular weight is 247 g/mol. The molecule has 1 unspecified atom stereocenters. The third-order valence-electron chi connectivity index (χ3n) is 3.80. The number of benzene rings is 1. The Morgan fingerprint density at radius 2 is 2.00 bits per heavy atom. The normalized spacial score (nSPS) is 22.6. The van der Waals surface area contributed by atoms with Crippen molar-refractivity contribution in [1.82, 2.24) is 5.32 Å². The average Bonchev–Trinajstić information content (AvgIpc) is 2.73. The van der Waals surface area contributed by atoms with E-state index >= 15 is 0 Å². The van der Waals surface area contributed by atoms with Gasteiger partial charge in [-0.1, -0.05) is 19.9 Å². The number of fused-ring (bicyclic) bond motifs is 2. The number of aryl methyl sites for hydroxylation is 2. The first-order chi connectivity index (χ1) is 8.24. The topological polar surface area (TPSA) is 12.0 Å². The fraction of sp³-hybridized carbons (Fsp3) is 0.600. The molecule has 0 saturated heterocycles. The highest BCUT2D eigenvalue weighted by Gasteiger charge is 2.24. The molecule has 0 saturated carbocycles. The van der Waals surface area contributed by atoms with Crippen LogP contribution in [-0.2, 0) is 12.8 Å². The van der Waals surface area contributed by atoms with Gasteiger partial charge in [-0.15, -0.1) is 11.8 Å². The van der Waals surface area contributed by atoms with Crippen molar-refractivity contribution in [2.24, 2.45) is 0 Å². The van der Waals surface area contributed by atoms with E-state index in [1.807, 2.05) is 11.8 Å². The van der Waals surface area contributed by atoms with Gasteiger partial charge in [-0.3, -0.25) is 0 Å². The van der Waals surface area contributed by atoms with Gasteiger partial charge in [0.05, 0.1) is 0 Å². The van der Waals surface area contributed by atoms with Gasteiger partial charge in [0.15, 0.2) is 0 Å². The summed E-state index contributed by atoms with van der Waals surface area (Å²) in [6.45, 7) is 4.49. The highest BCUT2D eigenvalue weighted by atomic mass is 32.2. The van der Waals surface area contributed by atoms with E-state index in [2.05, 4.69) is 31.3 Å². The van der Waals surface area contributed by atoms with E-state index in [9.17, 15) is 0 Å². The molecule has 0 amide bonds. The van der Waals surface area contributed by atoms with Crippen LogP contribution in [0.15, 0.2) is 17.0 Å². The Bertz CT molecular complexity index is 425. The maximum Gasteiger partial charge on any atom is 0.0341 e. The lowest BCUT2D eigenvalue weighted by Gasteiger charge is -2.28. The van der Waals surface area contributed by atoms with E-state index in [4.69, 9.17) is 0 Å². The number of hydrogen-bond donors (Lipinski definition) is 1. The van der Waals surface area contributed by atoms with Crippen LogP contribution in [0.5, 0.6) is 0 Å². The second-order valence-corrected chi connectivity index (χ2v) is 6.66. The fourth-order valence-corrected chi connectivity index (χ4v) is 4.20. The molecule has 2 aliphatic rings. The summed E-state index contributed by atoms with van der Waals surface area (Å²) in [4.78, 5) is 1.54. The van der Waals surface area contributed by atoms with Gasteiger partial charge in [-0.05, 0) is 54.2 Å². The van der Waals surface area contributed by atoms with Gasteiger partial charge in [-0.25, -0.2) is 0 Å². The minimum Gasteiger partial charge on any atom is -0.308 e. The third-order valence-corrected chi connectivity index (χ3v) is 4.90. The van der Waals surface area contributed by atoms with Gasteiger partial charge in [0.25, 0.3) is 0 Å². The quantitative estimate of drug-likeness (QED) is 0.855. The van der Waals surface area contributed by atoms with Gasteiger partial charge in [0.2, 0.25) is 0 Å². The lowest BCUT2D eigenvalue weighted by atomic mass is 9.98. The Hall–Kier alpha value is -0.470. The molecular formula is C15H21NS. The summed E-state index contributed by atoms with van der Waals surface area (Å²) in [5.41, 5.74) is 4.79. The lowest BCUT2D eigenvalue weighted by Crippen LogP contribution is -2.30. The van der Waals surface area contributed by atoms with Crippen LogP contribution in [-0.4, -0.2) is 11.8 Å². The molecule has 1 heterocycles. The van der Waals surface area contributed by atoms with E-state index < -0.39 is 0 Å². The number of hydrogen-bond acceptors (Lipinski definition) is 2. The number of rotatable bonds is 2. The summed E-state index contributed by atoms with van der Waals surface area (Å²) in [5, 5.41) is 3.72. The van der Waals surface area contributed by atoms with E-state index in [1.165, 1.54) is 36.3 Å². The molecule has 2 heteroatoms. The molecule has 0 aromatic heterocycles. The molecule has 0 bridgehead atoms. The smallest absolute Gasteiger partial charge is 0.0341 e. The molecule has 3 rings (SSSR count). The van der Waals surface area contributed by atoms with Crippen LogP contribution in [0.1, 0.15) is 49.4 Å². The lowest BCUT2D eigenvalue weighted by molar-refractivity contribution is 0.459. The first kappa shape index (κ1) is 11.6. The largest absolute Gasteiger partial charge is 0.308 e. The second-order valence-electron chi connectivity index (χ2n) is 5.52. The molecule has 1 aliphatic carbocycles. The Labute approximate surface area is 108 Å².